The minimum atomic E-state index is -0.844. The van der Waals surface area contributed by atoms with Gasteiger partial charge in [0.1, 0.15) is 19.8 Å². The van der Waals surface area contributed by atoms with Crippen molar-refractivity contribution >= 4 is 17.9 Å². The van der Waals surface area contributed by atoms with Gasteiger partial charge in [-0.3, -0.25) is 14.4 Å². The summed E-state index contributed by atoms with van der Waals surface area (Å²) < 4.78 is 17.8. The fourth-order valence-electron chi connectivity index (χ4n) is 3.45. The first kappa shape index (κ1) is 29.6. The molecule has 0 aliphatic carbocycles. The molecule has 1 N–H and O–H groups in total. The Morgan fingerprint density at radius 1 is 0.853 bits per heavy atom. The molecule has 0 radical (unpaired) electrons. The van der Waals surface area contributed by atoms with E-state index in [4.69, 9.17) is 19.3 Å². The van der Waals surface area contributed by atoms with Crippen LogP contribution in [0, 0.1) is 16.2 Å². The highest BCUT2D eigenvalue weighted by molar-refractivity contribution is 5.77. The van der Waals surface area contributed by atoms with Crippen molar-refractivity contribution in [2.45, 2.75) is 80.2 Å². The first-order valence-corrected chi connectivity index (χ1v) is 11.9. The normalized spacial score (nSPS) is 14.7. The number of nitrogens with zero attached hydrogens (tertiary/aromatic N) is 2. The lowest BCUT2D eigenvalue weighted by Crippen LogP contribution is -2.36. The van der Waals surface area contributed by atoms with Crippen molar-refractivity contribution in [1.82, 2.24) is 9.55 Å². The summed E-state index contributed by atoms with van der Waals surface area (Å²) >= 11 is 0. The Morgan fingerprint density at radius 3 is 1.91 bits per heavy atom. The van der Waals surface area contributed by atoms with E-state index < -0.39 is 22.2 Å². The van der Waals surface area contributed by atoms with Gasteiger partial charge in [0.2, 0.25) is 0 Å². The summed E-state index contributed by atoms with van der Waals surface area (Å²) in [5, 5.41) is 8.96. The van der Waals surface area contributed by atoms with Gasteiger partial charge in [-0.15, -0.1) is 0 Å². The summed E-state index contributed by atoms with van der Waals surface area (Å²) in [7, 11) is 0. The van der Waals surface area contributed by atoms with Crippen molar-refractivity contribution in [3.05, 3.63) is 18.7 Å². The molecule has 0 amide bonds. The van der Waals surface area contributed by atoms with Crippen molar-refractivity contribution in [3.63, 3.8) is 0 Å². The van der Waals surface area contributed by atoms with Crippen LogP contribution in [0.4, 0.5) is 0 Å². The van der Waals surface area contributed by atoms with E-state index in [0.29, 0.717) is 25.7 Å². The lowest BCUT2D eigenvalue weighted by Gasteiger charge is -2.34. The summed E-state index contributed by atoms with van der Waals surface area (Å²) in [5.41, 5.74) is -2.25. The van der Waals surface area contributed by atoms with E-state index in [9.17, 15) is 14.4 Å². The van der Waals surface area contributed by atoms with Crippen LogP contribution in [-0.2, 0) is 28.6 Å². The molecule has 0 fully saturated rings. The van der Waals surface area contributed by atoms with E-state index in [-0.39, 0.29) is 44.4 Å². The highest BCUT2D eigenvalue weighted by Crippen LogP contribution is 2.39. The fourth-order valence-corrected chi connectivity index (χ4v) is 3.45. The van der Waals surface area contributed by atoms with Crippen molar-refractivity contribution in [1.29, 1.82) is 0 Å². The fraction of sp³-hybridized carbons (Fsp3) is 0.760. The largest absolute Gasteiger partial charge is 0.463 e. The Hall–Kier alpha value is -2.42. The van der Waals surface area contributed by atoms with Gasteiger partial charge < -0.3 is 23.9 Å². The first-order chi connectivity index (χ1) is 15.8. The van der Waals surface area contributed by atoms with Crippen LogP contribution in [0.25, 0.3) is 0 Å². The number of esters is 3. The summed E-state index contributed by atoms with van der Waals surface area (Å²) in [5.74, 6) is -1.12. The molecule has 9 heteroatoms. The summed E-state index contributed by atoms with van der Waals surface area (Å²) in [6.07, 6.45) is 7.11. The van der Waals surface area contributed by atoms with E-state index in [2.05, 4.69) is 4.98 Å². The molecule has 0 aliphatic rings. The van der Waals surface area contributed by atoms with Crippen molar-refractivity contribution in [2.24, 2.45) is 16.2 Å². The maximum atomic E-state index is 13.0. The number of imidazole rings is 1. The van der Waals surface area contributed by atoms with E-state index in [1.165, 1.54) is 0 Å². The van der Waals surface area contributed by atoms with Gasteiger partial charge in [-0.1, -0.05) is 13.8 Å². The molecule has 0 bridgehead atoms. The van der Waals surface area contributed by atoms with Gasteiger partial charge in [0.05, 0.1) is 29.2 Å². The topological polar surface area (TPSA) is 117 Å². The molecule has 1 aromatic rings. The summed E-state index contributed by atoms with van der Waals surface area (Å²) in [6.45, 7) is 12.5. The highest BCUT2D eigenvalue weighted by atomic mass is 16.6. The molecule has 0 aromatic carbocycles. The number of carbonyl (C=O) groups excluding carboxylic acids is 3. The van der Waals surface area contributed by atoms with Crippen LogP contribution < -0.4 is 0 Å². The zero-order valence-electron chi connectivity index (χ0n) is 21.8. The SMILES string of the molecule is CCC(C)(C)C(=O)OCCOC(=O)C(C)(CC)CC(CC(C)(C)C(=O)OCCO)n1ccnc1. The second-order valence-corrected chi connectivity index (χ2v) is 10.2. The molecule has 2 unspecified atom stereocenters. The molecule has 0 saturated heterocycles. The number of aliphatic hydroxyl groups is 1. The predicted molar refractivity (Wildman–Crippen MR) is 127 cm³/mol. The van der Waals surface area contributed by atoms with Gasteiger partial charge in [0.15, 0.2) is 0 Å². The molecule has 0 saturated carbocycles. The second-order valence-electron chi connectivity index (χ2n) is 10.2. The zero-order chi connectivity index (χ0) is 26.0. The Balaban J connectivity index is 2.86. The van der Waals surface area contributed by atoms with Gasteiger partial charge in [-0.2, -0.15) is 0 Å². The van der Waals surface area contributed by atoms with Crippen molar-refractivity contribution < 1.29 is 33.7 Å². The average Bonchev–Trinajstić information content (AvgIpc) is 3.34. The Morgan fingerprint density at radius 2 is 1.41 bits per heavy atom. The van der Waals surface area contributed by atoms with E-state index >= 15 is 0 Å². The predicted octanol–water partition coefficient (Wildman–Crippen LogP) is 3.71. The average molecular weight is 483 g/mol. The number of rotatable bonds is 15. The van der Waals surface area contributed by atoms with Crippen LogP contribution >= 0.6 is 0 Å². The maximum absolute atomic E-state index is 13.0. The monoisotopic (exact) mass is 482 g/mol. The van der Waals surface area contributed by atoms with Crippen LogP contribution in [0.5, 0.6) is 0 Å². The number of aliphatic hydroxyl groups excluding tert-OH is 1. The smallest absolute Gasteiger partial charge is 0.311 e. The number of ether oxygens (including phenoxy) is 3. The van der Waals surface area contributed by atoms with Crippen molar-refractivity contribution in [3.8, 4) is 0 Å². The third kappa shape index (κ3) is 8.42. The Kier molecular flexibility index (Phi) is 11.2. The molecule has 1 rings (SSSR count). The Labute approximate surface area is 203 Å². The van der Waals surface area contributed by atoms with Crippen LogP contribution in [0.2, 0.25) is 0 Å². The van der Waals surface area contributed by atoms with Gasteiger partial charge in [-0.25, -0.2) is 4.98 Å². The lowest BCUT2D eigenvalue weighted by atomic mass is 9.76. The molecule has 34 heavy (non-hydrogen) atoms. The molecule has 1 heterocycles. The standard InChI is InChI=1S/C25H42N2O7/c1-8-23(3,4)20(29)33-14-15-34-22(31)25(7,9-2)17-19(27-11-10-26-18-27)16-24(5,6)21(30)32-13-12-28/h10-11,18-19,28H,8-9,12-17H2,1-7H3. The van der Waals surface area contributed by atoms with Crippen LogP contribution in [0.1, 0.15) is 80.2 Å². The quantitative estimate of drug-likeness (QED) is 0.228. The Bertz CT molecular complexity index is 789. The number of carbonyl (C=O) groups is 3. The van der Waals surface area contributed by atoms with E-state index in [1.54, 1.807) is 32.6 Å². The maximum Gasteiger partial charge on any atom is 0.311 e. The van der Waals surface area contributed by atoms with Crippen LogP contribution in [-0.4, -0.2) is 59.0 Å². The van der Waals surface area contributed by atoms with Gasteiger partial charge in [0.25, 0.3) is 0 Å². The molecule has 9 nitrogen and oxygen atoms in total. The molecule has 1 aromatic heterocycles. The number of aromatic nitrogens is 2. The molecule has 2 atom stereocenters. The number of hydrogen-bond acceptors (Lipinski definition) is 8. The molecule has 0 aliphatic heterocycles. The minimum absolute atomic E-state index is 0.00246. The molecular formula is C25H42N2O7. The van der Waals surface area contributed by atoms with Gasteiger partial charge in [-0.05, 0) is 60.3 Å². The zero-order valence-corrected chi connectivity index (χ0v) is 21.8. The molecular weight excluding hydrogens is 440 g/mol. The van der Waals surface area contributed by atoms with Gasteiger partial charge >= 0.3 is 17.9 Å². The van der Waals surface area contributed by atoms with Crippen molar-refractivity contribution in [2.75, 3.05) is 26.4 Å². The molecule has 0 spiro atoms. The second kappa shape index (κ2) is 12.9. The van der Waals surface area contributed by atoms with Gasteiger partial charge in [0, 0.05) is 18.4 Å². The van der Waals surface area contributed by atoms with E-state index in [0.717, 1.165) is 0 Å². The molecule has 194 valence electrons. The van der Waals surface area contributed by atoms with Crippen LogP contribution in [0.3, 0.4) is 0 Å². The highest BCUT2D eigenvalue weighted by Gasteiger charge is 2.40. The lowest BCUT2D eigenvalue weighted by molar-refractivity contribution is -0.164. The number of hydrogen-bond donors (Lipinski definition) is 1. The minimum Gasteiger partial charge on any atom is -0.463 e. The summed E-state index contributed by atoms with van der Waals surface area (Å²) in [6, 6.07) is -0.222. The summed E-state index contributed by atoms with van der Waals surface area (Å²) in [4.78, 5) is 41.8. The van der Waals surface area contributed by atoms with Crippen LogP contribution in [0.15, 0.2) is 18.7 Å². The third-order valence-corrected chi connectivity index (χ3v) is 6.51. The van der Waals surface area contributed by atoms with E-state index in [1.807, 2.05) is 39.2 Å². The first-order valence-electron chi connectivity index (χ1n) is 11.9. The third-order valence-electron chi connectivity index (χ3n) is 6.51.